The molecular weight excluding hydrogens is 230 g/mol. The summed E-state index contributed by atoms with van der Waals surface area (Å²) in [4.78, 5) is 23.6. The molecule has 5 nitrogen and oxygen atoms in total. The highest BCUT2D eigenvalue weighted by atomic mass is 16.2. The Bertz CT molecular complexity index is 297. The van der Waals surface area contributed by atoms with Crippen molar-refractivity contribution in [1.82, 2.24) is 10.6 Å². The van der Waals surface area contributed by atoms with Crippen LogP contribution in [0.3, 0.4) is 0 Å². The van der Waals surface area contributed by atoms with E-state index in [1.165, 1.54) is 0 Å². The van der Waals surface area contributed by atoms with Crippen LogP contribution in [0.4, 0.5) is 0 Å². The van der Waals surface area contributed by atoms with Gasteiger partial charge in [-0.05, 0) is 33.6 Å². The molecule has 0 aromatic carbocycles. The zero-order chi connectivity index (χ0) is 14.5. The zero-order valence-electron chi connectivity index (χ0n) is 12.3. The minimum absolute atomic E-state index is 0.0999. The molecule has 0 aromatic heterocycles. The summed E-state index contributed by atoms with van der Waals surface area (Å²) >= 11 is 0. The van der Waals surface area contributed by atoms with E-state index in [0.29, 0.717) is 0 Å². The largest absolute Gasteiger partial charge is 0.350 e. The highest BCUT2D eigenvalue weighted by Gasteiger charge is 2.25. The molecule has 0 aliphatic carbocycles. The van der Waals surface area contributed by atoms with Gasteiger partial charge >= 0.3 is 0 Å². The molecule has 2 amide bonds. The van der Waals surface area contributed by atoms with Gasteiger partial charge in [0, 0.05) is 5.54 Å². The van der Waals surface area contributed by atoms with Gasteiger partial charge in [-0.25, -0.2) is 0 Å². The Hall–Kier alpha value is -1.10. The van der Waals surface area contributed by atoms with Crippen molar-refractivity contribution < 1.29 is 9.59 Å². The predicted molar refractivity (Wildman–Crippen MR) is 72.9 cm³/mol. The van der Waals surface area contributed by atoms with Crippen molar-refractivity contribution in [2.45, 2.75) is 65.6 Å². The second-order valence-corrected chi connectivity index (χ2v) is 5.88. The van der Waals surface area contributed by atoms with E-state index in [9.17, 15) is 9.59 Å². The molecule has 1 unspecified atom stereocenters. The minimum atomic E-state index is -0.577. The summed E-state index contributed by atoms with van der Waals surface area (Å²) in [5, 5.41) is 5.45. The van der Waals surface area contributed by atoms with Gasteiger partial charge in [-0.3, -0.25) is 9.59 Å². The number of carbonyl (C=O) groups excluding carboxylic acids is 2. The van der Waals surface area contributed by atoms with Crippen LogP contribution in [0.15, 0.2) is 0 Å². The molecule has 0 saturated heterocycles. The summed E-state index contributed by atoms with van der Waals surface area (Å²) < 4.78 is 0. The fourth-order valence-corrected chi connectivity index (χ4v) is 1.37. The summed E-state index contributed by atoms with van der Waals surface area (Å²) in [6.07, 6.45) is 0.831. The standard InChI is InChI=1S/C13H27N3O2/c1-7-8(2)10(14)12(18)15-9(3)11(17)16-13(4,5)6/h8-10H,7,14H2,1-6H3,(H,15,18)(H,16,17)/t8-,9?,10-/m0/s1. The lowest BCUT2D eigenvalue weighted by Crippen LogP contribution is -2.54. The van der Waals surface area contributed by atoms with E-state index in [1.54, 1.807) is 6.92 Å². The number of amides is 2. The maximum absolute atomic E-state index is 11.8. The molecular formula is C13H27N3O2. The third-order valence-corrected chi connectivity index (χ3v) is 2.81. The lowest BCUT2D eigenvalue weighted by molar-refractivity contribution is -0.130. The van der Waals surface area contributed by atoms with Crippen LogP contribution >= 0.6 is 0 Å². The summed E-state index contributed by atoms with van der Waals surface area (Å²) in [5.41, 5.74) is 5.49. The zero-order valence-corrected chi connectivity index (χ0v) is 12.3. The van der Waals surface area contributed by atoms with E-state index in [1.807, 2.05) is 34.6 Å². The number of rotatable bonds is 5. The van der Waals surface area contributed by atoms with Crippen molar-refractivity contribution in [2.24, 2.45) is 11.7 Å². The third-order valence-electron chi connectivity index (χ3n) is 2.81. The van der Waals surface area contributed by atoms with E-state index in [-0.39, 0.29) is 23.3 Å². The minimum Gasteiger partial charge on any atom is -0.350 e. The molecule has 106 valence electrons. The molecule has 18 heavy (non-hydrogen) atoms. The molecule has 0 heterocycles. The van der Waals surface area contributed by atoms with Crippen LogP contribution in [0, 0.1) is 5.92 Å². The van der Waals surface area contributed by atoms with Gasteiger partial charge in [0.1, 0.15) is 6.04 Å². The van der Waals surface area contributed by atoms with Crippen molar-refractivity contribution in [3.8, 4) is 0 Å². The molecule has 5 heteroatoms. The van der Waals surface area contributed by atoms with Crippen LogP contribution in [0.25, 0.3) is 0 Å². The monoisotopic (exact) mass is 257 g/mol. The molecule has 0 aliphatic heterocycles. The Morgan fingerprint density at radius 1 is 1.17 bits per heavy atom. The number of nitrogens with one attached hydrogen (secondary N) is 2. The van der Waals surface area contributed by atoms with E-state index < -0.39 is 12.1 Å². The molecule has 4 N–H and O–H groups in total. The third kappa shape index (κ3) is 6.00. The van der Waals surface area contributed by atoms with Crippen LogP contribution < -0.4 is 16.4 Å². The molecule has 0 aliphatic rings. The van der Waals surface area contributed by atoms with Crippen molar-refractivity contribution in [1.29, 1.82) is 0 Å². The molecule has 0 fully saturated rings. The fraction of sp³-hybridized carbons (Fsp3) is 0.846. The summed E-state index contributed by atoms with van der Waals surface area (Å²) in [6.45, 7) is 11.2. The Labute approximate surface area is 110 Å². The SMILES string of the molecule is CC[C@H](C)[C@H](N)C(=O)NC(C)C(=O)NC(C)(C)C. The number of carbonyl (C=O) groups is 2. The second-order valence-electron chi connectivity index (χ2n) is 5.88. The van der Waals surface area contributed by atoms with Crippen molar-refractivity contribution in [3.05, 3.63) is 0 Å². The van der Waals surface area contributed by atoms with Gasteiger partial charge in [-0.1, -0.05) is 20.3 Å². The van der Waals surface area contributed by atoms with Crippen molar-refractivity contribution in [2.75, 3.05) is 0 Å². The first-order chi connectivity index (χ1) is 8.08. The lowest BCUT2D eigenvalue weighted by atomic mass is 9.99. The van der Waals surface area contributed by atoms with Gasteiger partial charge in [0.05, 0.1) is 6.04 Å². The molecule has 0 rings (SSSR count). The van der Waals surface area contributed by atoms with Gasteiger partial charge in [0.25, 0.3) is 0 Å². The van der Waals surface area contributed by atoms with E-state index in [0.717, 1.165) is 6.42 Å². The Morgan fingerprint density at radius 3 is 2.06 bits per heavy atom. The average Bonchev–Trinajstić information content (AvgIpc) is 2.24. The van der Waals surface area contributed by atoms with Crippen LogP contribution in [0.2, 0.25) is 0 Å². The Morgan fingerprint density at radius 2 is 1.67 bits per heavy atom. The number of nitrogens with two attached hydrogens (primary N) is 1. The Balaban J connectivity index is 4.35. The Kier molecular flexibility index (Phi) is 6.32. The summed E-state index contributed by atoms with van der Waals surface area (Å²) in [5.74, 6) is -0.379. The van der Waals surface area contributed by atoms with Crippen LogP contribution in [-0.2, 0) is 9.59 Å². The maximum atomic E-state index is 11.8. The summed E-state index contributed by atoms with van der Waals surface area (Å²) in [6, 6.07) is -1.15. The quantitative estimate of drug-likeness (QED) is 0.680. The fourth-order valence-electron chi connectivity index (χ4n) is 1.37. The van der Waals surface area contributed by atoms with Crippen LogP contribution in [0.5, 0.6) is 0 Å². The maximum Gasteiger partial charge on any atom is 0.242 e. The molecule has 0 bridgehead atoms. The van der Waals surface area contributed by atoms with Gasteiger partial charge in [0.15, 0.2) is 0 Å². The molecule has 0 spiro atoms. The summed E-state index contributed by atoms with van der Waals surface area (Å²) in [7, 11) is 0. The van der Waals surface area contributed by atoms with Gasteiger partial charge < -0.3 is 16.4 Å². The van der Waals surface area contributed by atoms with E-state index >= 15 is 0 Å². The molecule has 0 saturated carbocycles. The highest BCUT2D eigenvalue weighted by molar-refractivity contribution is 5.89. The van der Waals surface area contributed by atoms with Crippen LogP contribution in [-0.4, -0.2) is 29.4 Å². The molecule has 3 atom stereocenters. The van der Waals surface area contributed by atoms with Gasteiger partial charge in [-0.2, -0.15) is 0 Å². The first kappa shape index (κ1) is 16.9. The van der Waals surface area contributed by atoms with Crippen molar-refractivity contribution >= 4 is 11.8 Å². The van der Waals surface area contributed by atoms with E-state index in [2.05, 4.69) is 10.6 Å². The lowest BCUT2D eigenvalue weighted by Gasteiger charge is -2.25. The van der Waals surface area contributed by atoms with Crippen LogP contribution in [0.1, 0.15) is 48.0 Å². The highest BCUT2D eigenvalue weighted by Crippen LogP contribution is 2.05. The van der Waals surface area contributed by atoms with Crippen molar-refractivity contribution in [3.63, 3.8) is 0 Å². The molecule has 0 aromatic rings. The van der Waals surface area contributed by atoms with Gasteiger partial charge in [0.2, 0.25) is 11.8 Å². The first-order valence-electron chi connectivity index (χ1n) is 6.46. The molecule has 0 radical (unpaired) electrons. The topological polar surface area (TPSA) is 84.2 Å². The number of hydrogen-bond acceptors (Lipinski definition) is 3. The van der Waals surface area contributed by atoms with Gasteiger partial charge in [-0.15, -0.1) is 0 Å². The average molecular weight is 257 g/mol. The predicted octanol–water partition coefficient (Wildman–Crippen LogP) is 0.779. The van der Waals surface area contributed by atoms with E-state index in [4.69, 9.17) is 5.73 Å². The smallest absolute Gasteiger partial charge is 0.242 e. The normalized spacial score (nSPS) is 16.6. The second kappa shape index (κ2) is 6.73. The number of hydrogen-bond donors (Lipinski definition) is 3. The first-order valence-corrected chi connectivity index (χ1v) is 6.46.